The number of halogens is 3. The summed E-state index contributed by atoms with van der Waals surface area (Å²) in [6, 6.07) is 10.1. The van der Waals surface area contributed by atoms with Gasteiger partial charge in [-0.25, -0.2) is 0 Å². The number of pyridine rings is 2. The van der Waals surface area contributed by atoms with Gasteiger partial charge in [-0.2, -0.15) is 0 Å². The van der Waals surface area contributed by atoms with Crippen molar-refractivity contribution in [3.8, 4) is 6.07 Å². The molecule has 2 atom stereocenters. The molecule has 3 aromatic rings. The van der Waals surface area contributed by atoms with Crippen molar-refractivity contribution in [3.63, 3.8) is 0 Å². The molecule has 3 amide bonds. The van der Waals surface area contributed by atoms with Gasteiger partial charge in [0.25, 0.3) is 0 Å². The van der Waals surface area contributed by atoms with E-state index in [4.69, 9.17) is 11.6 Å². The van der Waals surface area contributed by atoms with Crippen LogP contribution in [0.25, 0.3) is 0 Å². The monoisotopic (exact) mass is 728 g/mol. The Bertz CT molecular complexity index is 1650. The van der Waals surface area contributed by atoms with E-state index >= 15 is 0 Å². The zero-order chi connectivity index (χ0) is 31.8. The molecule has 2 aromatic heterocycles. The Hall–Kier alpha value is -3.63. The Balaban J connectivity index is 1.65. The Labute approximate surface area is 263 Å². The molecule has 1 saturated carbocycles. The first-order chi connectivity index (χ1) is 20.8. The van der Waals surface area contributed by atoms with Gasteiger partial charge in [-0.05, 0) is 0 Å². The number of rotatable bonds is 8. The van der Waals surface area contributed by atoms with E-state index in [9.17, 15) is 28.4 Å². The molecule has 228 valence electrons. The van der Waals surface area contributed by atoms with Crippen LogP contribution in [0.4, 0.5) is 20.3 Å². The van der Waals surface area contributed by atoms with Gasteiger partial charge in [0.05, 0.1) is 0 Å². The topological polar surface area (TPSA) is 119 Å². The fourth-order valence-electron chi connectivity index (χ4n) is 5.50. The quantitative estimate of drug-likeness (QED) is 0.336. The molecule has 2 fully saturated rings. The van der Waals surface area contributed by atoms with E-state index in [0.717, 1.165) is 3.58 Å². The summed E-state index contributed by atoms with van der Waals surface area (Å²) >= 11 is 3.84. The van der Waals surface area contributed by atoms with E-state index in [-0.39, 0.29) is 40.7 Å². The van der Waals surface area contributed by atoms with Crippen molar-refractivity contribution in [2.75, 3.05) is 9.80 Å². The zero-order valence-corrected chi connectivity index (χ0v) is 28.0. The molecule has 1 saturated heterocycles. The van der Waals surface area contributed by atoms with Gasteiger partial charge in [0.2, 0.25) is 0 Å². The van der Waals surface area contributed by atoms with Crippen molar-refractivity contribution in [1.29, 1.82) is 5.26 Å². The van der Waals surface area contributed by atoms with Crippen LogP contribution in [0, 0.1) is 11.3 Å². The standard InChI is InChI=1S/C28H22ClF2N6O3.3CH3.Sn/c29-21-6-2-1-5-20(21)25(26(39)35-18-13-28(30,31)14-18)36(19-4-3-10-33-16-19)27(40)22-7-8-24(38)37(22)23-12-17(15-32)9-11-34-23;;;;/h1-2,4-6,9-12,16,18,22,25H,7-8,13-14H2,(H,35,39);3*1H3;. The van der Waals surface area contributed by atoms with Crippen LogP contribution in [0.1, 0.15) is 42.9 Å². The summed E-state index contributed by atoms with van der Waals surface area (Å²) in [7, 11) is 0. The fourth-order valence-corrected chi connectivity index (χ4v) is 8.71. The van der Waals surface area contributed by atoms with E-state index in [1.165, 1.54) is 34.3 Å². The van der Waals surface area contributed by atoms with Crippen molar-refractivity contribution in [3.05, 3.63) is 77.2 Å². The maximum atomic E-state index is 14.8. The van der Waals surface area contributed by atoms with Crippen LogP contribution in [0.2, 0.25) is 19.8 Å². The summed E-state index contributed by atoms with van der Waals surface area (Å²) in [4.78, 5) is 59.8. The van der Waals surface area contributed by atoms with Crippen LogP contribution in [0.3, 0.4) is 0 Å². The molecule has 1 aliphatic carbocycles. The third-order valence-electron chi connectivity index (χ3n) is 7.87. The van der Waals surface area contributed by atoms with Crippen molar-refractivity contribution in [2.24, 2.45) is 0 Å². The van der Waals surface area contributed by atoms with E-state index in [1.807, 2.05) is 12.1 Å². The SMILES string of the molecule is [CH3][Sn]([CH3])([CH3])[c]1cncc(N(C(=O)C2CCC(=O)N2c2cc(C#N)ccn2)C(C(=O)NC2CC(F)(F)C2)c2ccccc2Cl)c1. The summed E-state index contributed by atoms with van der Waals surface area (Å²) in [6.07, 6.45) is 3.77. The Morgan fingerprint density at radius 1 is 1.18 bits per heavy atom. The number of aromatic nitrogens is 2. The van der Waals surface area contributed by atoms with Gasteiger partial charge in [-0.3, -0.25) is 0 Å². The molecule has 44 heavy (non-hydrogen) atoms. The second-order valence-electron chi connectivity index (χ2n) is 12.1. The molecule has 1 aliphatic heterocycles. The summed E-state index contributed by atoms with van der Waals surface area (Å²) in [6.45, 7) is 0. The number of hydrogen-bond acceptors (Lipinski definition) is 6. The van der Waals surface area contributed by atoms with Gasteiger partial charge < -0.3 is 0 Å². The summed E-state index contributed by atoms with van der Waals surface area (Å²) in [5.41, 5.74) is 0.866. The number of nitriles is 1. The molecule has 2 aliphatic rings. The molecule has 13 heteroatoms. The number of anilines is 2. The maximum absolute atomic E-state index is 14.8. The number of alkyl halides is 2. The molecule has 1 N–H and O–H groups in total. The molecule has 0 spiro atoms. The summed E-state index contributed by atoms with van der Waals surface area (Å²) < 4.78 is 28.4. The molecule has 9 nitrogen and oxygen atoms in total. The number of amides is 3. The fraction of sp³-hybridized carbons (Fsp3) is 0.355. The second kappa shape index (κ2) is 12.4. The van der Waals surface area contributed by atoms with E-state index in [0.29, 0.717) is 5.69 Å². The third kappa shape index (κ3) is 6.56. The number of carbonyl (C=O) groups is 3. The van der Waals surface area contributed by atoms with Crippen molar-refractivity contribution >= 4 is 62.8 Å². The van der Waals surface area contributed by atoms with Crippen LogP contribution in [-0.4, -0.2) is 64.1 Å². The first-order valence-corrected chi connectivity index (χ1v) is 24.6. The van der Waals surface area contributed by atoms with Crippen LogP contribution >= 0.6 is 11.6 Å². The predicted octanol–water partition coefficient (Wildman–Crippen LogP) is 4.73. The molecule has 1 aromatic carbocycles. The van der Waals surface area contributed by atoms with E-state index < -0.39 is 67.1 Å². The van der Waals surface area contributed by atoms with Gasteiger partial charge >= 0.3 is 264 Å². The first-order valence-electron chi connectivity index (χ1n) is 14.2. The first kappa shape index (κ1) is 31.8. The molecule has 0 radical (unpaired) electrons. The zero-order valence-electron chi connectivity index (χ0n) is 24.4. The van der Waals surface area contributed by atoms with Crippen LogP contribution in [0.5, 0.6) is 0 Å². The van der Waals surface area contributed by atoms with Crippen LogP contribution in [0.15, 0.2) is 61.1 Å². The number of hydrogen-bond donors (Lipinski definition) is 1. The molecule has 5 rings (SSSR count). The van der Waals surface area contributed by atoms with Crippen LogP contribution in [-0.2, 0) is 14.4 Å². The van der Waals surface area contributed by atoms with Gasteiger partial charge in [0, 0.05) is 0 Å². The molecular weight excluding hydrogens is 697 g/mol. The van der Waals surface area contributed by atoms with Crippen molar-refractivity contribution in [1.82, 2.24) is 15.3 Å². The Morgan fingerprint density at radius 2 is 1.91 bits per heavy atom. The van der Waals surface area contributed by atoms with Crippen molar-refractivity contribution < 1.29 is 23.2 Å². The normalized spacial score (nSPS) is 18.7. The average molecular weight is 728 g/mol. The number of nitrogens with zero attached hydrogens (tertiary/aromatic N) is 5. The average Bonchev–Trinajstić information content (AvgIpc) is 3.36. The minimum absolute atomic E-state index is 0.0412. The summed E-state index contributed by atoms with van der Waals surface area (Å²) in [5.74, 6) is -4.38. The van der Waals surface area contributed by atoms with Crippen LogP contribution < -0.4 is 18.7 Å². The van der Waals surface area contributed by atoms with E-state index in [2.05, 4.69) is 30.1 Å². The number of benzene rings is 1. The molecule has 3 heterocycles. The van der Waals surface area contributed by atoms with Gasteiger partial charge in [0.15, 0.2) is 0 Å². The summed E-state index contributed by atoms with van der Waals surface area (Å²) in [5, 5.41) is 12.3. The van der Waals surface area contributed by atoms with Gasteiger partial charge in [-0.15, -0.1) is 0 Å². The second-order valence-corrected chi connectivity index (χ2v) is 27.0. The Morgan fingerprint density at radius 3 is 2.57 bits per heavy atom. The number of carbonyl (C=O) groups excluding carboxylic acids is 3. The van der Waals surface area contributed by atoms with E-state index in [1.54, 1.807) is 30.5 Å². The molecular formula is C31H31ClF2N6O3Sn. The van der Waals surface area contributed by atoms with Gasteiger partial charge in [0.1, 0.15) is 0 Å². The van der Waals surface area contributed by atoms with Gasteiger partial charge in [-0.1, -0.05) is 0 Å². The number of nitrogens with one attached hydrogen (secondary N) is 1. The molecule has 0 bridgehead atoms. The molecule has 2 unspecified atom stereocenters. The third-order valence-corrected chi connectivity index (χ3v) is 13.9. The van der Waals surface area contributed by atoms with Crippen molar-refractivity contribution in [2.45, 2.75) is 64.6 Å². The minimum atomic E-state index is -2.87. The predicted molar refractivity (Wildman–Crippen MR) is 164 cm³/mol. The Kier molecular flexibility index (Phi) is 8.96.